The summed E-state index contributed by atoms with van der Waals surface area (Å²) in [6, 6.07) is 8.61. The molecule has 0 radical (unpaired) electrons. The monoisotopic (exact) mass is 443 g/mol. The molecule has 3 aromatic rings. The fourth-order valence-electron chi connectivity index (χ4n) is 3.75. The molecule has 2 aliphatic rings. The minimum atomic E-state index is -3.05. The third kappa shape index (κ3) is 4.05. The number of halogens is 1. The molecular formula is C21H22FN5O3S. The number of likely N-dealkylation sites (tertiary alicyclic amines) is 1. The molecule has 162 valence electrons. The first-order valence-electron chi connectivity index (χ1n) is 10.1. The molecule has 1 aromatic carbocycles. The zero-order chi connectivity index (χ0) is 21.8. The number of amides is 1. The number of sulfone groups is 1. The summed E-state index contributed by atoms with van der Waals surface area (Å²) in [5.41, 5.74) is 2.39. The normalized spacial score (nSPS) is 17.6. The highest BCUT2D eigenvalue weighted by Gasteiger charge is 2.34. The number of carbonyl (C=O) groups excluding carboxylic acids is 1. The van der Waals surface area contributed by atoms with E-state index in [4.69, 9.17) is 0 Å². The molecule has 8 nitrogen and oxygen atoms in total. The Kier molecular flexibility index (Phi) is 4.78. The first kappa shape index (κ1) is 20.1. The van der Waals surface area contributed by atoms with Gasteiger partial charge in [0.05, 0.1) is 5.25 Å². The van der Waals surface area contributed by atoms with Crippen LogP contribution in [-0.4, -0.2) is 58.4 Å². The van der Waals surface area contributed by atoms with Gasteiger partial charge in [-0.05, 0) is 36.6 Å². The van der Waals surface area contributed by atoms with E-state index in [1.807, 2.05) is 17.0 Å². The Morgan fingerprint density at radius 3 is 2.71 bits per heavy atom. The van der Waals surface area contributed by atoms with E-state index in [1.165, 1.54) is 12.3 Å². The molecule has 1 amide bonds. The van der Waals surface area contributed by atoms with Crippen molar-refractivity contribution in [1.82, 2.24) is 19.5 Å². The maximum Gasteiger partial charge on any atom is 0.249 e. The van der Waals surface area contributed by atoms with Gasteiger partial charge in [0.15, 0.2) is 15.5 Å². The highest BCUT2D eigenvalue weighted by atomic mass is 32.2. The number of benzene rings is 1. The molecule has 2 aromatic heterocycles. The lowest BCUT2D eigenvalue weighted by Gasteiger charge is -2.38. The van der Waals surface area contributed by atoms with Crippen molar-refractivity contribution < 1.29 is 17.6 Å². The summed E-state index contributed by atoms with van der Waals surface area (Å²) in [5, 5.41) is 6.67. The Morgan fingerprint density at radius 1 is 1.26 bits per heavy atom. The van der Waals surface area contributed by atoms with Gasteiger partial charge in [-0.1, -0.05) is 12.1 Å². The first-order chi connectivity index (χ1) is 14.8. The molecule has 3 heterocycles. The number of hydrogen-bond donors (Lipinski definition) is 1. The summed E-state index contributed by atoms with van der Waals surface area (Å²) in [6.45, 7) is 1.22. The van der Waals surface area contributed by atoms with Crippen molar-refractivity contribution in [1.29, 1.82) is 0 Å². The summed E-state index contributed by atoms with van der Waals surface area (Å²) in [4.78, 5) is 18.3. The minimum Gasteiger partial charge on any atom is -0.296 e. The highest BCUT2D eigenvalue weighted by molar-refractivity contribution is 7.91. The van der Waals surface area contributed by atoms with Crippen molar-refractivity contribution in [2.75, 3.05) is 24.7 Å². The van der Waals surface area contributed by atoms with Crippen LogP contribution < -0.4 is 5.32 Å². The van der Waals surface area contributed by atoms with Gasteiger partial charge in [0, 0.05) is 49.1 Å². The molecule has 1 N–H and O–H groups in total. The first-order valence-corrected chi connectivity index (χ1v) is 12.1. The quantitative estimate of drug-likeness (QED) is 0.627. The molecule has 2 fully saturated rings. The second kappa shape index (κ2) is 7.38. The van der Waals surface area contributed by atoms with Gasteiger partial charge >= 0.3 is 0 Å². The standard InChI is InChI=1S/C21H22FN5O3S/c1-31(29,30)16-11-26(12-16)10-15-7-6-14(9-18(15)22)17-3-2-8-27-19(17)23-21(25-27)24-20(28)13-4-5-13/h2-3,6-9,13,16H,4-5,10-12H2,1H3,(H,24,25,28). The molecule has 31 heavy (non-hydrogen) atoms. The number of anilines is 1. The van der Waals surface area contributed by atoms with Crippen LogP contribution in [0.15, 0.2) is 36.5 Å². The summed E-state index contributed by atoms with van der Waals surface area (Å²) < 4.78 is 39.5. The third-order valence-electron chi connectivity index (χ3n) is 5.83. The second-order valence-corrected chi connectivity index (χ2v) is 10.7. The molecule has 5 rings (SSSR count). The zero-order valence-electron chi connectivity index (χ0n) is 17.0. The molecule has 0 unspecified atom stereocenters. The van der Waals surface area contributed by atoms with E-state index < -0.39 is 9.84 Å². The van der Waals surface area contributed by atoms with Crippen LogP contribution in [0.3, 0.4) is 0 Å². The Labute approximate surface area is 179 Å². The van der Waals surface area contributed by atoms with Crippen LogP contribution in [0.4, 0.5) is 10.3 Å². The van der Waals surface area contributed by atoms with Crippen molar-refractivity contribution >= 4 is 27.3 Å². The van der Waals surface area contributed by atoms with Gasteiger partial charge in [0.2, 0.25) is 11.9 Å². The van der Waals surface area contributed by atoms with E-state index in [0.717, 1.165) is 12.8 Å². The Balaban J connectivity index is 1.36. The SMILES string of the molecule is CS(=O)(=O)C1CN(Cc2ccc(-c3cccn4nc(NC(=O)C5CC5)nc34)cc2F)C1. The smallest absolute Gasteiger partial charge is 0.249 e. The van der Waals surface area contributed by atoms with Crippen LogP contribution in [0, 0.1) is 11.7 Å². The second-order valence-electron chi connectivity index (χ2n) is 8.34. The Morgan fingerprint density at radius 2 is 2.03 bits per heavy atom. The van der Waals surface area contributed by atoms with Crippen molar-refractivity contribution in [2.24, 2.45) is 5.92 Å². The van der Waals surface area contributed by atoms with E-state index in [9.17, 15) is 17.6 Å². The molecule has 1 aliphatic carbocycles. The van der Waals surface area contributed by atoms with Crippen LogP contribution in [0.1, 0.15) is 18.4 Å². The van der Waals surface area contributed by atoms with Gasteiger partial charge in [-0.15, -0.1) is 5.10 Å². The summed E-state index contributed by atoms with van der Waals surface area (Å²) in [5.74, 6) is -0.146. The van der Waals surface area contributed by atoms with Crippen molar-refractivity contribution in [2.45, 2.75) is 24.6 Å². The number of nitrogens with zero attached hydrogens (tertiary/aromatic N) is 4. The number of rotatable bonds is 6. The highest BCUT2D eigenvalue weighted by Crippen LogP contribution is 2.31. The van der Waals surface area contributed by atoms with E-state index in [1.54, 1.807) is 22.8 Å². The van der Waals surface area contributed by atoms with E-state index in [0.29, 0.717) is 42.0 Å². The van der Waals surface area contributed by atoms with Crippen LogP contribution in [0.5, 0.6) is 0 Å². The molecule has 1 saturated carbocycles. The molecule has 0 spiro atoms. The maximum atomic E-state index is 14.8. The molecule has 0 atom stereocenters. The molecule has 0 bridgehead atoms. The largest absolute Gasteiger partial charge is 0.296 e. The van der Waals surface area contributed by atoms with Gasteiger partial charge in [-0.25, -0.2) is 17.3 Å². The van der Waals surface area contributed by atoms with Gasteiger partial charge in [-0.3, -0.25) is 15.0 Å². The lowest BCUT2D eigenvalue weighted by Crippen LogP contribution is -2.53. The van der Waals surface area contributed by atoms with Gasteiger partial charge in [0.25, 0.3) is 0 Å². The summed E-state index contributed by atoms with van der Waals surface area (Å²) in [6.07, 6.45) is 4.74. The van der Waals surface area contributed by atoms with Crippen molar-refractivity contribution in [3.05, 3.63) is 47.9 Å². The van der Waals surface area contributed by atoms with Gasteiger partial charge in [-0.2, -0.15) is 4.98 Å². The molecule has 1 saturated heterocycles. The number of carbonyl (C=O) groups is 1. The average molecular weight is 444 g/mol. The summed E-state index contributed by atoms with van der Waals surface area (Å²) in [7, 11) is -3.05. The fourth-order valence-corrected chi connectivity index (χ4v) is 4.71. The zero-order valence-corrected chi connectivity index (χ0v) is 17.8. The minimum absolute atomic E-state index is 0.0480. The Bertz CT molecular complexity index is 1280. The summed E-state index contributed by atoms with van der Waals surface area (Å²) >= 11 is 0. The number of hydrogen-bond acceptors (Lipinski definition) is 6. The van der Waals surface area contributed by atoms with Crippen molar-refractivity contribution in [3.63, 3.8) is 0 Å². The van der Waals surface area contributed by atoms with E-state index in [-0.39, 0.29) is 28.8 Å². The van der Waals surface area contributed by atoms with Crippen LogP contribution >= 0.6 is 0 Å². The predicted octanol–water partition coefficient (Wildman–Crippen LogP) is 2.11. The lowest BCUT2D eigenvalue weighted by molar-refractivity contribution is -0.117. The van der Waals surface area contributed by atoms with Crippen LogP contribution in [-0.2, 0) is 21.2 Å². The van der Waals surface area contributed by atoms with E-state index >= 15 is 0 Å². The fraction of sp³-hybridized carbons (Fsp3) is 0.381. The van der Waals surface area contributed by atoms with Crippen molar-refractivity contribution in [3.8, 4) is 11.1 Å². The van der Waals surface area contributed by atoms with Crippen LogP contribution in [0.2, 0.25) is 0 Å². The van der Waals surface area contributed by atoms with Crippen LogP contribution in [0.25, 0.3) is 16.8 Å². The lowest BCUT2D eigenvalue weighted by atomic mass is 10.0. The Hall–Kier alpha value is -2.85. The maximum absolute atomic E-state index is 14.8. The number of nitrogens with one attached hydrogen (secondary N) is 1. The molecular weight excluding hydrogens is 421 g/mol. The number of pyridine rings is 1. The average Bonchev–Trinajstić information content (AvgIpc) is 3.44. The van der Waals surface area contributed by atoms with Gasteiger partial charge < -0.3 is 0 Å². The number of fused-ring (bicyclic) bond motifs is 1. The number of aromatic nitrogens is 3. The molecule has 10 heteroatoms. The van der Waals surface area contributed by atoms with E-state index in [2.05, 4.69) is 15.4 Å². The van der Waals surface area contributed by atoms with Gasteiger partial charge in [0.1, 0.15) is 5.82 Å². The predicted molar refractivity (Wildman–Crippen MR) is 114 cm³/mol. The third-order valence-corrected chi connectivity index (χ3v) is 7.34. The topological polar surface area (TPSA) is 96.7 Å². The molecule has 1 aliphatic heterocycles.